The molecule has 0 saturated heterocycles. The third-order valence-electron chi connectivity index (χ3n) is 5.28. The van der Waals surface area contributed by atoms with E-state index in [9.17, 15) is 38.4 Å². The van der Waals surface area contributed by atoms with Crippen molar-refractivity contribution in [1.29, 1.82) is 0 Å². The molecule has 0 aliphatic heterocycles. The Morgan fingerprint density at radius 2 is 0.900 bits per heavy atom. The van der Waals surface area contributed by atoms with Gasteiger partial charge < -0.3 is 26.5 Å². The molecule has 0 aromatic carbocycles. The molecule has 20 nitrogen and oxygen atoms in total. The SMILES string of the molecule is N[C@H](CCC(=O)NO)C(=O)N[C@H](CCC(=O)NO)C(=O)N[C@H](CCC(=O)NO)C(=O)N[C@@H](C=O)CCC(=O)NO. The van der Waals surface area contributed by atoms with Crippen LogP contribution in [0.1, 0.15) is 51.4 Å². The lowest BCUT2D eigenvalue weighted by molar-refractivity contribution is -0.135. The molecular formula is C20H34N8O12. The largest absolute Gasteiger partial charge is 0.345 e. The highest BCUT2D eigenvalue weighted by atomic mass is 16.5. The number of carbonyl (C=O) groups is 8. The summed E-state index contributed by atoms with van der Waals surface area (Å²) in [5, 5.41) is 41.3. The van der Waals surface area contributed by atoms with Gasteiger partial charge in [0.25, 0.3) is 0 Å². The van der Waals surface area contributed by atoms with Gasteiger partial charge in [0.15, 0.2) is 0 Å². The quantitative estimate of drug-likeness (QED) is 0.0389. The van der Waals surface area contributed by atoms with Gasteiger partial charge in [-0.3, -0.25) is 54.4 Å². The minimum Gasteiger partial charge on any atom is -0.345 e. The first-order chi connectivity index (χ1) is 18.9. The van der Waals surface area contributed by atoms with Crippen molar-refractivity contribution in [3.05, 3.63) is 0 Å². The van der Waals surface area contributed by atoms with Crippen LogP contribution >= 0.6 is 0 Å². The zero-order chi connectivity index (χ0) is 30.7. The fourth-order valence-electron chi connectivity index (χ4n) is 3.03. The van der Waals surface area contributed by atoms with Gasteiger partial charge in [-0.05, 0) is 25.7 Å². The van der Waals surface area contributed by atoms with Crippen LogP contribution in [-0.4, -0.2) is 92.6 Å². The number of rotatable bonds is 19. The molecule has 0 unspecified atom stereocenters. The zero-order valence-corrected chi connectivity index (χ0v) is 21.2. The second-order valence-electron chi connectivity index (χ2n) is 8.27. The van der Waals surface area contributed by atoms with Gasteiger partial charge in [0.05, 0.1) is 12.1 Å². The van der Waals surface area contributed by atoms with E-state index in [1.54, 1.807) is 0 Å². The third-order valence-corrected chi connectivity index (χ3v) is 5.28. The third kappa shape index (κ3) is 14.6. The topological polar surface area (TPSA) is 328 Å². The average Bonchev–Trinajstić information content (AvgIpc) is 2.96. The van der Waals surface area contributed by atoms with E-state index in [-0.39, 0.29) is 32.0 Å². The predicted molar refractivity (Wildman–Crippen MR) is 126 cm³/mol. The molecule has 0 aliphatic rings. The number of hydrogen-bond acceptors (Lipinski definition) is 13. The Kier molecular flexibility index (Phi) is 17.7. The van der Waals surface area contributed by atoms with Crippen molar-refractivity contribution in [2.75, 3.05) is 0 Å². The van der Waals surface area contributed by atoms with Gasteiger partial charge >= 0.3 is 0 Å². The minimum absolute atomic E-state index is 0.236. The van der Waals surface area contributed by atoms with Gasteiger partial charge in [0, 0.05) is 25.7 Å². The monoisotopic (exact) mass is 578 g/mol. The second-order valence-corrected chi connectivity index (χ2v) is 8.27. The lowest BCUT2D eigenvalue weighted by Gasteiger charge is -2.25. The van der Waals surface area contributed by atoms with Crippen LogP contribution in [0.4, 0.5) is 0 Å². The van der Waals surface area contributed by atoms with Crippen molar-refractivity contribution in [1.82, 2.24) is 37.9 Å². The molecule has 7 amide bonds. The standard InChI is InChI=1S/C20H34N8O12/c21-11(2-6-15(31)26-38)18(34)23-13(4-8-17(33)28-40)20(36)24-12(3-7-16(32)27-39)19(35)22-10(9-29)1-5-14(30)25-37/h9-13,37-40H,1-8,21H2,(H,22,35)(H,23,34)(H,24,36)(H,25,30)(H,26,31)(H,27,32)(H,28,33)/t10-,11-,12-,13-/m1/s1. The van der Waals surface area contributed by atoms with Crippen LogP contribution in [0.3, 0.4) is 0 Å². The zero-order valence-electron chi connectivity index (χ0n) is 21.2. The Labute approximate surface area is 226 Å². The number of nitrogens with two attached hydrogens (primary N) is 1. The summed E-state index contributed by atoms with van der Waals surface area (Å²) in [5.41, 5.74) is 11.1. The number of hydrogen-bond donors (Lipinski definition) is 12. The molecule has 0 aromatic rings. The maximum atomic E-state index is 13.0. The van der Waals surface area contributed by atoms with Crippen molar-refractivity contribution in [3.8, 4) is 0 Å². The van der Waals surface area contributed by atoms with Crippen molar-refractivity contribution >= 4 is 47.6 Å². The minimum atomic E-state index is -1.54. The number of amides is 7. The smallest absolute Gasteiger partial charge is 0.243 e. The summed E-state index contributed by atoms with van der Waals surface area (Å²) in [5.74, 6) is -6.52. The number of aldehydes is 1. The highest BCUT2D eigenvalue weighted by Crippen LogP contribution is 2.06. The molecule has 0 rings (SSSR count). The van der Waals surface area contributed by atoms with E-state index in [4.69, 9.17) is 26.6 Å². The number of carbonyl (C=O) groups excluding carboxylic acids is 8. The molecule has 0 saturated carbocycles. The van der Waals surface area contributed by atoms with Crippen LogP contribution in [0.5, 0.6) is 0 Å². The van der Waals surface area contributed by atoms with Gasteiger partial charge in [0.2, 0.25) is 41.4 Å². The molecular weight excluding hydrogens is 544 g/mol. The molecule has 13 N–H and O–H groups in total. The molecule has 0 spiro atoms. The molecule has 0 aliphatic carbocycles. The van der Waals surface area contributed by atoms with Gasteiger partial charge in [0.1, 0.15) is 18.4 Å². The lowest BCUT2D eigenvalue weighted by Crippen LogP contribution is -2.57. The Morgan fingerprint density at radius 3 is 1.30 bits per heavy atom. The first-order valence-electron chi connectivity index (χ1n) is 11.8. The van der Waals surface area contributed by atoms with Crippen LogP contribution in [0.2, 0.25) is 0 Å². The van der Waals surface area contributed by atoms with Crippen LogP contribution in [-0.2, 0) is 38.4 Å². The molecule has 0 heterocycles. The van der Waals surface area contributed by atoms with E-state index in [0.717, 1.165) is 0 Å². The highest BCUT2D eigenvalue weighted by Gasteiger charge is 2.30. The summed E-state index contributed by atoms with van der Waals surface area (Å²) in [6.07, 6.45) is -2.69. The van der Waals surface area contributed by atoms with Crippen LogP contribution in [0.15, 0.2) is 0 Å². The van der Waals surface area contributed by atoms with E-state index in [1.807, 2.05) is 0 Å². The first kappa shape index (κ1) is 35.8. The molecule has 0 radical (unpaired) electrons. The van der Waals surface area contributed by atoms with E-state index < -0.39 is 91.2 Å². The number of hydroxylamine groups is 4. The maximum Gasteiger partial charge on any atom is 0.243 e. The fourth-order valence-corrected chi connectivity index (χ4v) is 3.03. The van der Waals surface area contributed by atoms with E-state index in [1.165, 1.54) is 21.9 Å². The number of nitrogens with one attached hydrogen (secondary N) is 7. The highest BCUT2D eigenvalue weighted by molar-refractivity contribution is 5.94. The maximum absolute atomic E-state index is 13.0. The van der Waals surface area contributed by atoms with Crippen LogP contribution in [0, 0.1) is 0 Å². The lowest BCUT2D eigenvalue weighted by atomic mass is 10.0. The second kappa shape index (κ2) is 19.8. The summed E-state index contributed by atoms with van der Waals surface area (Å²) in [4.78, 5) is 95.0. The van der Waals surface area contributed by atoms with Gasteiger partial charge in [-0.2, -0.15) is 0 Å². The molecule has 0 aromatic heterocycles. The summed E-state index contributed by atoms with van der Waals surface area (Å²) in [6, 6.07) is -5.64. The molecule has 0 bridgehead atoms. The Morgan fingerprint density at radius 1 is 0.550 bits per heavy atom. The molecule has 4 atom stereocenters. The summed E-state index contributed by atoms with van der Waals surface area (Å²) in [6.45, 7) is 0. The molecule has 20 heteroatoms. The van der Waals surface area contributed by atoms with Crippen molar-refractivity contribution in [2.24, 2.45) is 5.73 Å². The first-order valence-corrected chi connectivity index (χ1v) is 11.8. The van der Waals surface area contributed by atoms with Crippen molar-refractivity contribution < 1.29 is 59.2 Å². The van der Waals surface area contributed by atoms with E-state index >= 15 is 0 Å². The van der Waals surface area contributed by atoms with Crippen molar-refractivity contribution in [2.45, 2.75) is 75.5 Å². The van der Waals surface area contributed by atoms with E-state index in [2.05, 4.69) is 16.0 Å². The van der Waals surface area contributed by atoms with Gasteiger partial charge in [-0.1, -0.05) is 0 Å². The molecule has 226 valence electrons. The van der Waals surface area contributed by atoms with Crippen LogP contribution < -0.4 is 43.6 Å². The Balaban J connectivity index is 5.69. The molecule has 40 heavy (non-hydrogen) atoms. The summed E-state index contributed by atoms with van der Waals surface area (Å²) < 4.78 is 0. The fraction of sp³-hybridized carbons (Fsp3) is 0.600. The summed E-state index contributed by atoms with van der Waals surface area (Å²) >= 11 is 0. The van der Waals surface area contributed by atoms with Crippen molar-refractivity contribution in [3.63, 3.8) is 0 Å². The Hall–Kier alpha value is -4.24. The van der Waals surface area contributed by atoms with Gasteiger partial charge in [-0.15, -0.1) is 0 Å². The van der Waals surface area contributed by atoms with E-state index in [0.29, 0.717) is 0 Å². The summed E-state index contributed by atoms with van der Waals surface area (Å²) in [7, 11) is 0. The van der Waals surface area contributed by atoms with Gasteiger partial charge in [-0.25, -0.2) is 21.9 Å². The van der Waals surface area contributed by atoms with Crippen LogP contribution in [0.25, 0.3) is 0 Å². The predicted octanol–water partition coefficient (Wildman–Crippen LogP) is -4.89. The molecule has 0 fully saturated rings. The average molecular weight is 579 g/mol. The Bertz CT molecular complexity index is 918. The normalized spacial score (nSPS) is 13.3.